The Kier molecular flexibility index (Phi) is 5.40. The Balaban J connectivity index is 3.03. The maximum atomic E-state index is 12.0. The fraction of sp³-hybridized carbons (Fsp3) is 0.417. The minimum Gasteiger partial charge on any atom is -0.493 e. The van der Waals surface area contributed by atoms with Gasteiger partial charge in [0.15, 0.2) is 11.5 Å². The van der Waals surface area contributed by atoms with E-state index in [-0.39, 0.29) is 24.5 Å². The first kappa shape index (κ1) is 15.1. The lowest BCUT2D eigenvalue weighted by Crippen LogP contribution is -2.40. The summed E-state index contributed by atoms with van der Waals surface area (Å²) in [6, 6.07) is 2.18. The van der Waals surface area contributed by atoms with Gasteiger partial charge in [0.2, 0.25) is 0 Å². The smallest absolute Gasteiger partial charge is 0.253 e. The maximum Gasteiger partial charge on any atom is 0.253 e. The number of nitrogens with one attached hydrogen (secondary N) is 1. The highest BCUT2D eigenvalue weighted by molar-refractivity contribution is 6.00. The lowest BCUT2D eigenvalue weighted by molar-refractivity contribution is 0.0880. The Bertz CT molecular complexity index is 446. The fourth-order valence-corrected chi connectivity index (χ4v) is 1.50. The molecule has 0 spiro atoms. The summed E-state index contributed by atoms with van der Waals surface area (Å²) in [7, 11) is 2.91. The van der Waals surface area contributed by atoms with Gasteiger partial charge in [0.1, 0.15) is 0 Å². The van der Waals surface area contributed by atoms with Crippen molar-refractivity contribution in [2.24, 2.45) is 0 Å². The molecule has 0 radical (unpaired) electrons. The molecule has 0 aromatic heterocycles. The van der Waals surface area contributed by atoms with E-state index in [0.717, 1.165) is 0 Å². The number of anilines is 1. The number of carbonyl (C=O) groups is 1. The van der Waals surface area contributed by atoms with Crippen LogP contribution in [0.2, 0.25) is 0 Å². The number of nitrogens with two attached hydrogens (primary N) is 1. The fourth-order valence-electron chi connectivity index (χ4n) is 1.50. The van der Waals surface area contributed by atoms with Gasteiger partial charge in [-0.25, -0.2) is 0 Å². The van der Waals surface area contributed by atoms with Crippen molar-refractivity contribution in [3.8, 4) is 11.5 Å². The molecule has 7 nitrogen and oxygen atoms in total. The molecule has 106 valence electrons. The van der Waals surface area contributed by atoms with Crippen LogP contribution < -0.4 is 20.5 Å². The normalized spacial score (nSPS) is 10.4. The molecule has 0 aliphatic rings. The van der Waals surface area contributed by atoms with Crippen LogP contribution in [0, 0.1) is 0 Å². The van der Waals surface area contributed by atoms with Gasteiger partial charge in [-0.05, 0) is 6.07 Å². The van der Waals surface area contributed by atoms with Gasteiger partial charge < -0.3 is 30.7 Å². The molecular formula is C12H18N2O5. The third kappa shape index (κ3) is 3.49. The Morgan fingerprint density at radius 2 is 1.79 bits per heavy atom. The van der Waals surface area contributed by atoms with Crippen LogP contribution in [0.25, 0.3) is 0 Å². The highest BCUT2D eigenvalue weighted by atomic mass is 16.5. The zero-order valence-electron chi connectivity index (χ0n) is 10.8. The first-order valence-electron chi connectivity index (χ1n) is 5.61. The second-order valence-electron chi connectivity index (χ2n) is 3.83. The number of aliphatic hydroxyl groups is 2. The highest BCUT2D eigenvalue weighted by Crippen LogP contribution is 2.31. The van der Waals surface area contributed by atoms with Crippen LogP contribution in [-0.4, -0.2) is 49.6 Å². The second kappa shape index (κ2) is 6.81. The van der Waals surface area contributed by atoms with E-state index < -0.39 is 11.9 Å². The second-order valence-corrected chi connectivity index (χ2v) is 3.83. The van der Waals surface area contributed by atoms with Crippen LogP contribution in [0.4, 0.5) is 5.69 Å². The Labute approximate surface area is 110 Å². The summed E-state index contributed by atoms with van der Waals surface area (Å²) < 4.78 is 10.1. The van der Waals surface area contributed by atoms with Crippen molar-refractivity contribution in [1.29, 1.82) is 0 Å². The number of hydrogen-bond acceptors (Lipinski definition) is 6. The number of hydrogen-bond donors (Lipinski definition) is 4. The summed E-state index contributed by atoms with van der Waals surface area (Å²) in [6.07, 6.45) is 0. The predicted octanol–water partition coefficient (Wildman–Crippen LogP) is -0.631. The quantitative estimate of drug-likeness (QED) is 0.512. The number of methoxy groups -OCH3 is 2. The minimum absolute atomic E-state index is 0.185. The van der Waals surface area contributed by atoms with Crippen LogP contribution in [0.5, 0.6) is 11.5 Å². The molecule has 5 N–H and O–H groups in total. The van der Waals surface area contributed by atoms with E-state index in [1.807, 2.05) is 0 Å². The van der Waals surface area contributed by atoms with E-state index in [2.05, 4.69) is 5.32 Å². The highest BCUT2D eigenvalue weighted by Gasteiger charge is 2.17. The van der Waals surface area contributed by atoms with Crippen LogP contribution in [0.15, 0.2) is 12.1 Å². The van der Waals surface area contributed by atoms with Crippen molar-refractivity contribution in [2.75, 3.05) is 33.2 Å². The summed E-state index contributed by atoms with van der Waals surface area (Å²) in [5, 5.41) is 20.3. The monoisotopic (exact) mass is 270 g/mol. The van der Waals surface area contributed by atoms with Crippen molar-refractivity contribution < 1.29 is 24.5 Å². The summed E-state index contributed by atoms with van der Waals surface area (Å²) in [4.78, 5) is 12.0. The van der Waals surface area contributed by atoms with Crippen molar-refractivity contribution in [3.63, 3.8) is 0 Å². The number of rotatable bonds is 6. The zero-order chi connectivity index (χ0) is 14.4. The summed E-state index contributed by atoms with van der Waals surface area (Å²) in [5.41, 5.74) is 6.16. The molecule has 0 bridgehead atoms. The van der Waals surface area contributed by atoms with Gasteiger partial charge in [0, 0.05) is 11.8 Å². The van der Waals surface area contributed by atoms with Gasteiger partial charge in [0.25, 0.3) is 5.91 Å². The SMILES string of the molecule is COc1cc(N)c(C(=O)NC(CO)CO)cc1OC. The average molecular weight is 270 g/mol. The number of amides is 1. The third-order valence-corrected chi connectivity index (χ3v) is 2.58. The largest absolute Gasteiger partial charge is 0.493 e. The van der Waals surface area contributed by atoms with Crippen molar-refractivity contribution in [1.82, 2.24) is 5.32 Å². The standard InChI is InChI=1S/C12H18N2O5/c1-18-10-3-8(9(13)4-11(10)19-2)12(17)14-7(5-15)6-16/h3-4,7,15-16H,5-6,13H2,1-2H3,(H,14,17). The number of carbonyl (C=O) groups excluding carboxylic acids is 1. The zero-order valence-corrected chi connectivity index (χ0v) is 10.8. The molecule has 0 heterocycles. The van der Waals surface area contributed by atoms with Crippen LogP contribution >= 0.6 is 0 Å². The Morgan fingerprint density at radius 3 is 2.26 bits per heavy atom. The molecule has 1 aromatic rings. The van der Waals surface area contributed by atoms with Crippen molar-refractivity contribution >= 4 is 11.6 Å². The van der Waals surface area contributed by atoms with E-state index in [0.29, 0.717) is 11.5 Å². The molecule has 1 rings (SSSR count). The van der Waals surface area contributed by atoms with Gasteiger partial charge in [-0.2, -0.15) is 0 Å². The lowest BCUT2D eigenvalue weighted by Gasteiger charge is -2.16. The number of aliphatic hydroxyl groups excluding tert-OH is 2. The Morgan fingerprint density at radius 1 is 1.26 bits per heavy atom. The maximum absolute atomic E-state index is 12.0. The number of benzene rings is 1. The topological polar surface area (TPSA) is 114 Å². The van der Waals surface area contributed by atoms with E-state index in [9.17, 15) is 4.79 Å². The van der Waals surface area contributed by atoms with Gasteiger partial charge in [0.05, 0.1) is 39.0 Å². The lowest BCUT2D eigenvalue weighted by atomic mass is 10.1. The molecule has 0 saturated heterocycles. The first-order valence-corrected chi connectivity index (χ1v) is 5.61. The molecule has 1 aromatic carbocycles. The van der Waals surface area contributed by atoms with Crippen LogP contribution in [-0.2, 0) is 0 Å². The van der Waals surface area contributed by atoms with Crippen LogP contribution in [0.3, 0.4) is 0 Å². The van der Waals surface area contributed by atoms with Crippen LogP contribution in [0.1, 0.15) is 10.4 Å². The van der Waals surface area contributed by atoms with Gasteiger partial charge in [-0.15, -0.1) is 0 Å². The molecule has 0 unspecified atom stereocenters. The van der Waals surface area contributed by atoms with Crippen molar-refractivity contribution in [2.45, 2.75) is 6.04 Å². The molecule has 0 saturated carbocycles. The van der Waals surface area contributed by atoms with Gasteiger partial charge in [-0.1, -0.05) is 0 Å². The number of ether oxygens (including phenoxy) is 2. The molecule has 0 aliphatic heterocycles. The van der Waals surface area contributed by atoms with E-state index >= 15 is 0 Å². The van der Waals surface area contributed by atoms with E-state index in [1.54, 1.807) is 0 Å². The Hall–Kier alpha value is -1.99. The molecule has 7 heteroatoms. The summed E-state index contributed by atoms with van der Waals surface area (Å²) >= 11 is 0. The summed E-state index contributed by atoms with van der Waals surface area (Å²) in [6.45, 7) is -0.731. The third-order valence-electron chi connectivity index (χ3n) is 2.58. The average Bonchev–Trinajstić information content (AvgIpc) is 2.43. The van der Waals surface area contributed by atoms with Gasteiger partial charge in [-0.3, -0.25) is 4.79 Å². The molecular weight excluding hydrogens is 252 g/mol. The molecule has 0 fully saturated rings. The number of nitrogen functional groups attached to an aromatic ring is 1. The van der Waals surface area contributed by atoms with Crippen molar-refractivity contribution in [3.05, 3.63) is 17.7 Å². The predicted molar refractivity (Wildman–Crippen MR) is 69.4 cm³/mol. The van der Waals surface area contributed by atoms with Gasteiger partial charge >= 0.3 is 0 Å². The molecule has 0 atom stereocenters. The first-order chi connectivity index (χ1) is 9.07. The summed E-state index contributed by atoms with van der Waals surface area (Å²) in [5.74, 6) is 0.273. The minimum atomic E-state index is -0.736. The van der Waals surface area contributed by atoms with E-state index in [1.165, 1.54) is 26.4 Å². The van der Waals surface area contributed by atoms with E-state index in [4.69, 9.17) is 25.4 Å². The molecule has 1 amide bonds. The molecule has 0 aliphatic carbocycles. The molecule has 19 heavy (non-hydrogen) atoms.